The number of anilines is 1. The van der Waals surface area contributed by atoms with E-state index in [1.807, 2.05) is 18.0 Å². The van der Waals surface area contributed by atoms with E-state index >= 15 is 0 Å². The third-order valence-corrected chi connectivity index (χ3v) is 2.96. The molecule has 0 aliphatic carbocycles. The first kappa shape index (κ1) is 11.4. The average Bonchev–Trinajstić information content (AvgIpc) is 2.24. The van der Waals surface area contributed by atoms with E-state index in [-0.39, 0.29) is 0 Å². The van der Waals surface area contributed by atoms with Gasteiger partial charge in [0.15, 0.2) is 0 Å². The molecule has 0 atom stereocenters. The molecule has 0 aliphatic heterocycles. The van der Waals surface area contributed by atoms with Crippen LogP contribution in [0.25, 0.3) is 0 Å². The Balaban J connectivity index is 2.50. The van der Waals surface area contributed by atoms with Crippen LogP contribution in [-0.4, -0.2) is 17.3 Å². The summed E-state index contributed by atoms with van der Waals surface area (Å²) in [5.41, 5.74) is 0. The highest BCUT2D eigenvalue weighted by atomic mass is 32.2. The van der Waals surface area contributed by atoms with Crippen molar-refractivity contribution in [1.82, 2.24) is 4.98 Å². The number of nitrogens with zero attached hydrogens (tertiary/aromatic N) is 1. The SMILES string of the molecule is CCCNc1cc(SCCC)ccn1. The fourth-order valence-electron chi connectivity index (χ4n) is 1.07. The van der Waals surface area contributed by atoms with Crippen LogP contribution in [-0.2, 0) is 0 Å². The molecule has 0 fully saturated rings. The molecule has 0 aromatic carbocycles. The molecule has 0 unspecified atom stereocenters. The van der Waals surface area contributed by atoms with Crippen LogP contribution in [0, 0.1) is 0 Å². The van der Waals surface area contributed by atoms with Gasteiger partial charge in [-0.3, -0.25) is 0 Å². The fourth-order valence-corrected chi connectivity index (χ4v) is 1.86. The zero-order chi connectivity index (χ0) is 10.2. The summed E-state index contributed by atoms with van der Waals surface area (Å²) in [6.07, 6.45) is 4.22. The van der Waals surface area contributed by atoms with Crippen molar-refractivity contribution in [2.75, 3.05) is 17.6 Å². The van der Waals surface area contributed by atoms with Gasteiger partial charge >= 0.3 is 0 Å². The molecule has 0 amide bonds. The van der Waals surface area contributed by atoms with E-state index in [2.05, 4.69) is 36.3 Å². The van der Waals surface area contributed by atoms with Crippen LogP contribution in [0.15, 0.2) is 23.2 Å². The van der Waals surface area contributed by atoms with Gasteiger partial charge < -0.3 is 5.32 Å². The van der Waals surface area contributed by atoms with Gasteiger partial charge in [-0.05, 0) is 30.7 Å². The lowest BCUT2D eigenvalue weighted by atomic mass is 10.4. The van der Waals surface area contributed by atoms with Gasteiger partial charge in [0, 0.05) is 17.6 Å². The summed E-state index contributed by atoms with van der Waals surface area (Å²) in [7, 11) is 0. The molecule has 1 aromatic rings. The molecule has 1 aromatic heterocycles. The number of aromatic nitrogens is 1. The van der Waals surface area contributed by atoms with Crippen LogP contribution >= 0.6 is 11.8 Å². The van der Waals surface area contributed by atoms with Crippen molar-refractivity contribution >= 4 is 17.6 Å². The second-order valence-electron chi connectivity index (χ2n) is 3.15. The summed E-state index contributed by atoms with van der Waals surface area (Å²) in [4.78, 5) is 5.57. The third-order valence-electron chi connectivity index (χ3n) is 1.76. The molecule has 0 saturated carbocycles. The Morgan fingerprint density at radius 3 is 2.93 bits per heavy atom. The van der Waals surface area contributed by atoms with Crippen LogP contribution < -0.4 is 5.32 Å². The van der Waals surface area contributed by atoms with Gasteiger partial charge in [-0.15, -0.1) is 11.8 Å². The highest BCUT2D eigenvalue weighted by Gasteiger charge is 1.96. The van der Waals surface area contributed by atoms with E-state index in [0.29, 0.717) is 0 Å². The van der Waals surface area contributed by atoms with Gasteiger partial charge in [0.25, 0.3) is 0 Å². The molecule has 0 saturated heterocycles. The minimum Gasteiger partial charge on any atom is -0.370 e. The number of nitrogens with one attached hydrogen (secondary N) is 1. The maximum atomic E-state index is 4.26. The van der Waals surface area contributed by atoms with Crippen molar-refractivity contribution in [2.24, 2.45) is 0 Å². The molecule has 2 nitrogen and oxygen atoms in total. The van der Waals surface area contributed by atoms with E-state index in [1.54, 1.807) is 0 Å². The summed E-state index contributed by atoms with van der Waals surface area (Å²) >= 11 is 1.89. The van der Waals surface area contributed by atoms with Crippen LogP contribution in [0.1, 0.15) is 26.7 Å². The third kappa shape index (κ3) is 4.01. The molecule has 1 heterocycles. The Labute approximate surface area is 90.5 Å². The van der Waals surface area contributed by atoms with Crippen LogP contribution in [0.3, 0.4) is 0 Å². The molecule has 78 valence electrons. The molecule has 1 rings (SSSR count). The van der Waals surface area contributed by atoms with Gasteiger partial charge in [-0.25, -0.2) is 4.98 Å². The van der Waals surface area contributed by atoms with Crippen molar-refractivity contribution < 1.29 is 0 Å². The monoisotopic (exact) mass is 210 g/mol. The van der Waals surface area contributed by atoms with Gasteiger partial charge in [-0.2, -0.15) is 0 Å². The molecule has 3 heteroatoms. The van der Waals surface area contributed by atoms with Crippen molar-refractivity contribution in [2.45, 2.75) is 31.6 Å². The number of thioether (sulfide) groups is 1. The topological polar surface area (TPSA) is 24.9 Å². The first-order valence-electron chi connectivity index (χ1n) is 5.19. The number of hydrogen-bond donors (Lipinski definition) is 1. The first-order chi connectivity index (χ1) is 6.86. The Bertz CT molecular complexity index is 240. The lowest BCUT2D eigenvalue weighted by molar-refractivity contribution is 0.967. The minimum absolute atomic E-state index is 0.993. The molecule has 0 spiro atoms. The summed E-state index contributed by atoms with van der Waals surface area (Å²) in [6.45, 7) is 5.35. The number of pyridine rings is 1. The van der Waals surface area contributed by atoms with Crippen molar-refractivity contribution in [3.05, 3.63) is 18.3 Å². The van der Waals surface area contributed by atoms with Crippen LogP contribution in [0.4, 0.5) is 5.82 Å². The molecular weight excluding hydrogens is 192 g/mol. The molecule has 14 heavy (non-hydrogen) atoms. The van der Waals surface area contributed by atoms with E-state index in [1.165, 1.54) is 17.1 Å². The predicted octanol–water partition coefficient (Wildman–Crippen LogP) is 3.41. The lowest BCUT2D eigenvalue weighted by Gasteiger charge is -2.05. The zero-order valence-electron chi connectivity index (χ0n) is 8.92. The molecular formula is C11H18N2S. The first-order valence-corrected chi connectivity index (χ1v) is 6.18. The average molecular weight is 210 g/mol. The van der Waals surface area contributed by atoms with Gasteiger partial charge in [0.05, 0.1) is 0 Å². The van der Waals surface area contributed by atoms with Gasteiger partial charge in [-0.1, -0.05) is 13.8 Å². The van der Waals surface area contributed by atoms with E-state index in [9.17, 15) is 0 Å². The van der Waals surface area contributed by atoms with Gasteiger partial charge in [0.1, 0.15) is 5.82 Å². The summed E-state index contributed by atoms with van der Waals surface area (Å²) < 4.78 is 0. The maximum Gasteiger partial charge on any atom is 0.126 e. The highest BCUT2D eigenvalue weighted by Crippen LogP contribution is 2.20. The highest BCUT2D eigenvalue weighted by molar-refractivity contribution is 7.99. The smallest absolute Gasteiger partial charge is 0.126 e. The number of hydrogen-bond acceptors (Lipinski definition) is 3. The van der Waals surface area contributed by atoms with Crippen molar-refractivity contribution in [1.29, 1.82) is 0 Å². The summed E-state index contributed by atoms with van der Waals surface area (Å²) in [6, 6.07) is 4.19. The van der Waals surface area contributed by atoms with Crippen molar-refractivity contribution in [3.63, 3.8) is 0 Å². The molecule has 0 bridgehead atoms. The Morgan fingerprint density at radius 2 is 2.21 bits per heavy atom. The van der Waals surface area contributed by atoms with E-state index in [4.69, 9.17) is 0 Å². The number of rotatable bonds is 6. The Hall–Kier alpha value is -0.700. The fraction of sp³-hybridized carbons (Fsp3) is 0.545. The lowest BCUT2D eigenvalue weighted by Crippen LogP contribution is -2.01. The standard InChI is InChI=1S/C11H18N2S/c1-3-6-12-11-9-10(5-7-13-11)14-8-4-2/h5,7,9H,3-4,6,8H2,1-2H3,(H,12,13). The minimum atomic E-state index is 0.993. The maximum absolute atomic E-state index is 4.26. The predicted molar refractivity (Wildman–Crippen MR) is 64.0 cm³/mol. The second kappa shape index (κ2) is 6.71. The van der Waals surface area contributed by atoms with Crippen LogP contribution in [0.5, 0.6) is 0 Å². The Kier molecular flexibility index (Phi) is 5.45. The Morgan fingerprint density at radius 1 is 1.36 bits per heavy atom. The normalized spacial score (nSPS) is 10.1. The molecule has 0 aliphatic rings. The van der Waals surface area contributed by atoms with E-state index in [0.717, 1.165) is 18.8 Å². The quantitative estimate of drug-likeness (QED) is 0.728. The van der Waals surface area contributed by atoms with E-state index < -0.39 is 0 Å². The second-order valence-corrected chi connectivity index (χ2v) is 4.32. The summed E-state index contributed by atoms with van der Waals surface area (Å²) in [5, 5.41) is 3.29. The molecule has 1 N–H and O–H groups in total. The van der Waals surface area contributed by atoms with Crippen LogP contribution in [0.2, 0.25) is 0 Å². The molecule has 0 radical (unpaired) electrons. The summed E-state index contributed by atoms with van der Waals surface area (Å²) in [5.74, 6) is 2.17. The van der Waals surface area contributed by atoms with Gasteiger partial charge in [0.2, 0.25) is 0 Å². The van der Waals surface area contributed by atoms with Crippen molar-refractivity contribution in [3.8, 4) is 0 Å². The zero-order valence-corrected chi connectivity index (χ0v) is 9.73. The largest absolute Gasteiger partial charge is 0.370 e.